The van der Waals surface area contributed by atoms with Crippen molar-refractivity contribution in [2.24, 2.45) is 11.7 Å². The van der Waals surface area contributed by atoms with E-state index < -0.39 is 0 Å². The number of nitrogens with zero attached hydrogens (tertiary/aromatic N) is 1. The molecule has 1 unspecified atom stereocenters. The Labute approximate surface area is 113 Å². The molecule has 0 spiro atoms. The second kappa shape index (κ2) is 11.0. The van der Waals surface area contributed by atoms with Crippen molar-refractivity contribution in [2.45, 2.75) is 58.8 Å². The maximum Gasteiger partial charge on any atom is 0.0768 e. The van der Waals surface area contributed by atoms with Crippen LogP contribution in [0.3, 0.4) is 0 Å². The summed E-state index contributed by atoms with van der Waals surface area (Å²) in [7, 11) is 2.16. The van der Waals surface area contributed by atoms with Gasteiger partial charge in [0, 0.05) is 12.5 Å². The Morgan fingerprint density at radius 1 is 1.12 bits per heavy atom. The summed E-state index contributed by atoms with van der Waals surface area (Å²) >= 11 is 4.98. The second-order valence-electron chi connectivity index (χ2n) is 5.19. The lowest BCUT2D eigenvalue weighted by Gasteiger charge is -2.20. The van der Waals surface area contributed by atoms with Crippen LogP contribution in [0.5, 0.6) is 0 Å². The summed E-state index contributed by atoms with van der Waals surface area (Å²) in [6.45, 7) is 6.52. The summed E-state index contributed by atoms with van der Waals surface area (Å²) in [4.78, 5) is 2.98. The Morgan fingerprint density at radius 3 is 2.18 bits per heavy atom. The highest BCUT2D eigenvalue weighted by Gasteiger charge is 2.08. The van der Waals surface area contributed by atoms with Gasteiger partial charge in [0.1, 0.15) is 0 Å². The summed E-state index contributed by atoms with van der Waals surface area (Å²) in [5.74, 6) is 0.333. The fourth-order valence-corrected chi connectivity index (χ4v) is 2.06. The van der Waals surface area contributed by atoms with E-state index >= 15 is 0 Å². The number of thiocarbonyl (C=S) groups is 1. The van der Waals surface area contributed by atoms with Crippen molar-refractivity contribution < 1.29 is 0 Å². The monoisotopic (exact) mass is 258 g/mol. The van der Waals surface area contributed by atoms with Crippen LogP contribution < -0.4 is 5.73 Å². The van der Waals surface area contributed by atoms with Crippen molar-refractivity contribution in [2.75, 3.05) is 20.1 Å². The number of rotatable bonds is 11. The van der Waals surface area contributed by atoms with Crippen LogP contribution in [0.15, 0.2) is 0 Å². The molecule has 0 radical (unpaired) electrons. The molecule has 1 atom stereocenters. The first-order valence-electron chi connectivity index (χ1n) is 7.05. The first kappa shape index (κ1) is 16.9. The van der Waals surface area contributed by atoms with Gasteiger partial charge in [-0.25, -0.2) is 0 Å². The smallest absolute Gasteiger partial charge is 0.0768 e. The molecule has 0 heterocycles. The van der Waals surface area contributed by atoms with E-state index in [0.29, 0.717) is 10.9 Å². The molecule has 0 aliphatic rings. The highest BCUT2D eigenvalue weighted by atomic mass is 32.1. The van der Waals surface area contributed by atoms with Crippen molar-refractivity contribution in [3.63, 3.8) is 0 Å². The maximum atomic E-state index is 5.61. The van der Waals surface area contributed by atoms with Crippen molar-refractivity contribution in [1.29, 1.82) is 0 Å². The predicted octanol–water partition coefficient (Wildman–Crippen LogP) is 3.59. The van der Waals surface area contributed by atoms with Crippen molar-refractivity contribution in [1.82, 2.24) is 4.90 Å². The molecule has 3 heteroatoms. The molecule has 0 bridgehead atoms. The third-order valence-corrected chi connectivity index (χ3v) is 3.62. The van der Waals surface area contributed by atoms with Gasteiger partial charge in [-0.2, -0.15) is 0 Å². The van der Waals surface area contributed by atoms with Crippen LogP contribution in [0, 0.1) is 5.92 Å². The van der Waals surface area contributed by atoms with Gasteiger partial charge >= 0.3 is 0 Å². The van der Waals surface area contributed by atoms with Gasteiger partial charge in [0.25, 0.3) is 0 Å². The standard InChI is InChI=1S/C14H30N2S/c1-4-5-6-7-8-9-10-11-16(3)12-13(2)14(15)17/h13H,4-12H2,1-3H3,(H2,15,17). The van der Waals surface area contributed by atoms with E-state index in [1.165, 1.54) is 51.5 Å². The fraction of sp³-hybridized carbons (Fsp3) is 0.929. The Balaban J connectivity index is 3.33. The minimum Gasteiger partial charge on any atom is -0.393 e. The topological polar surface area (TPSA) is 29.3 Å². The molecule has 0 aromatic carbocycles. The van der Waals surface area contributed by atoms with Crippen LogP contribution in [0.25, 0.3) is 0 Å². The zero-order valence-corrected chi connectivity index (χ0v) is 12.7. The summed E-state index contributed by atoms with van der Waals surface area (Å²) in [6, 6.07) is 0. The predicted molar refractivity (Wildman–Crippen MR) is 81.4 cm³/mol. The Bertz CT molecular complexity index is 195. The van der Waals surface area contributed by atoms with Crippen molar-refractivity contribution >= 4 is 17.2 Å². The van der Waals surface area contributed by atoms with Gasteiger partial charge in [0.2, 0.25) is 0 Å². The van der Waals surface area contributed by atoms with Gasteiger partial charge in [-0.1, -0.05) is 64.6 Å². The highest BCUT2D eigenvalue weighted by molar-refractivity contribution is 7.80. The minimum atomic E-state index is 0.333. The van der Waals surface area contributed by atoms with Crippen molar-refractivity contribution in [3.8, 4) is 0 Å². The quantitative estimate of drug-likeness (QED) is 0.453. The van der Waals surface area contributed by atoms with Gasteiger partial charge in [-0.3, -0.25) is 0 Å². The SMILES string of the molecule is CCCCCCCCCN(C)CC(C)C(N)=S. The van der Waals surface area contributed by atoms with Gasteiger partial charge in [0.05, 0.1) is 4.99 Å². The summed E-state index contributed by atoms with van der Waals surface area (Å²) in [5.41, 5.74) is 5.61. The Hall–Kier alpha value is -0.150. The molecule has 0 aromatic rings. The van der Waals surface area contributed by atoms with E-state index in [1.807, 2.05) is 0 Å². The molecule has 0 amide bonds. The zero-order valence-electron chi connectivity index (χ0n) is 11.9. The van der Waals surface area contributed by atoms with Crippen LogP contribution in [-0.2, 0) is 0 Å². The molecule has 0 fully saturated rings. The molecule has 0 rings (SSSR count). The van der Waals surface area contributed by atoms with E-state index in [-0.39, 0.29) is 0 Å². The largest absolute Gasteiger partial charge is 0.393 e. The first-order valence-corrected chi connectivity index (χ1v) is 7.46. The van der Waals surface area contributed by atoms with Gasteiger partial charge in [-0.15, -0.1) is 0 Å². The average molecular weight is 258 g/mol. The molecule has 2 nitrogen and oxygen atoms in total. The van der Waals surface area contributed by atoms with Crippen molar-refractivity contribution in [3.05, 3.63) is 0 Å². The lowest BCUT2D eigenvalue weighted by molar-refractivity contribution is 0.306. The minimum absolute atomic E-state index is 0.333. The van der Waals surface area contributed by atoms with Gasteiger partial charge < -0.3 is 10.6 Å². The normalized spacial score (nSPS) is 12.9. The number of unbranched alkanes of at least 4 members (excludes halogenated alkanes) is 6. The van der Waals surface area contributed by atoms with Crippen LogP contribution in [0.2, 0.25) is 0 Å². The molecular weight excluding hydrogens is 228 g/mol. The molecule has 2 N–H and O–H groups in total. The van der Waals surface area contributed by atoms with Crippen LogP contribution >= 0.6 is 12.2 Å². The maximum absolute atomic E-state index is 5.61. The molecular formula is C14H30N2S. The lowest BCUT2D eigenvalue weighted by atomic mass is 10.1. The summed E-state index contributed by atoms with van der Waals surface area (Å²) in [5, 5.41) is 0. The molecule has 0 aliphatic heterocycles. The van der Waals surface area contributed by atoms with E-state index in [9.17, 15) is 0 Å². The third-order valence-electron chi connectivity index (χ3n) is 3.21. The number of nitrogens with two attached hydrogens (primary N) is 1. The molecule has 0 aromatic heterocycles. The van der Waals surface area contributed by atoms with Crippen LogP contribution in [-0.4, -0.2) is 30.0 Å². The van der Waals surface area contributed by atoms with Crippen LogP contribution in [0.1, 0.15) is 58.8 Å². The fourth-order valence-electron chi connectivity index (χ4n) is 1.99. The molecule has 0 saturated heterocycles. The Morgan fingerprint density at radius 2 is 1.65 bits per heavy atom. The van der Waals surface area contributed by atoms with E-state index in [1.54, 1.807) is 0 Å². The lowest BCUT2D eigenvalue weighted by Crippen LogP contribution is -2.32. The zero-order chi connectivity index (χ0) is 13.1. The van der Waals surface area contributed by atoms with Gasteiger partial charge in [0.15, 0.2) is 0 Å². The number of hydrogen-bond acceptors (Lipinski definition) is 2. The van der Waals surface area contributed by atoms with E-state index in [2.05, 4.69) is 25.8 Å². The summed E-state index contributed by atoms with van der Waals surface area (Å²) < 4.78 is 0. The van der Waals surface area contributed by atoms with Crippen LogP contribution in [0.4, 0.5) is 0 Å². The molecule has 0 saturated carbocycles. The van der Waals surface area contributed by atoms with Gasteiger partial charge in [-0.05, 0) is 20.0 Å². The third kappa shape index (κ3) is 10.7. The molecule has 0 aliphatic carbocycles. The average Bonchev–Trinajstić information content (AvgIpc) is 2.27. The highest BCUT2D eigenvalue weighted by Crippen LogP contribution is 2.07. The summed E-state index contributed by atoms with van der Waals surface area (Å²) in [6.07, 6.45) is 9.58. The number of hydrogen-bond donors (Lipinski definition) is 1. The second-order valence-corrected chi connectivity index (χ2v) is 5.66. The first-order chi connectivity index (χ1) is 8.07. The van der Waals surface area contributed by atoms with E-state index in [4.69, 9.17) is 18.0 Å². The Kier molecular flexibility index (Phi) is 10.9. The molecule has 17 heavy (non-hydrogen) atoms. The van der Waals surface area contributed by atoms with E-state index in [0.717, 1.165) is 6.54 Å². The molecule has 102 valence electrons.